The molecule has 0 heterocycles. The SMILES string of the molecule is NNC(=S)c1cccc(F)c1F. The van der Waals surface area contributed by atoms with E-state index in [2.05, 4.69) is 17.6 Å². The second-order valence-corrected chi connectivity index (χ2v) is 2.48. The Morgan fingerprint density at radius 1 is 1.42 bits per heavy atom. The molecule has 0 unspecified atom stereocenters. The van der Waals surface area contributed by atoms with Gasteiger partial charge in [0.05, 0.1) is 0 Å². The van der Waals surface area contributed by atoms with E-state index >= 15 is 0 Å². The maximum Gasteiger partial charge on any atom is 0.169 e. The summed E-state index contributed by atoms with van der Waals surface area (Å²) >= 11 is 4.63. The van der Waals surface area contributed by atoms with Gasteiger partial charge in [0.15, 0.2) is 11.6 Å². The number of halogens is 2. The van der Waals surface area contributed by atoms with Crippen molar-refractivity contribution in [1.29, 1.82) is 0 Å². The quantitative estimate of drug-likeness (QED) is 0.394. The van der Waals surface area contributed by atoms with E-state index in [0.717, 1.165) is 6.07 Å². The monoisotopic (exact) mass is 188 g/mol. The molecule has 0 amide bonds. The molecule has 0 bridgehead atoms. The maximum absolute atomic E-state index is 12.9. The number of thiocarbonyl (C=S) groups is 1. The van der Waals surface area contributed by atoms with E-state index in [-0.39, 0.29) is 10.6 Å². The van der Waals surface area contributed by atoms with E-state index in [0.29, 0.717) is 0 Å². The third-order valence-electron chi connectivity index (χ3n) is 1.33. The van der Waals surface area contributed by atoms with E-state index in [9.17, 15) is 8.78 Å². The lowest BCUT2D eigenvalue weighted by atomic mass is 10.2. The van der Waals surface area contributed by atoms with Gasteiger partial charge >= 0.3 is 0 Å². The van der Waals surface area contributed by atoms with Crippen LogP contribution >= 0.6 is 12.2 Å². The van der Waals surface area contributed by atoms with Gasteiger partial charge in [0, 0.05) is 5.56 Å². The third kappa shape index (κ3) is 1.57. The number of nitrogens with one attached hydrogen (secondary N) is 1. The molecule has 0 radical (unpaired) electrons. The highest BCUT2D eigenvalue weighted by Gasteiger charge is 2.09. The van der Waals surface area contributed by atoms with Gasteiger partial charge in [-0.15, -0.1) is 0 Å². The highest BCUT2D eigenvalue weighted by atomic mass is 32.1. The molecular formula is C7H6F2N2S. The van der Waals surface area contributed by atoms with Crippen molar-refractivity contribution in [3.8, 4) is 0 Å². The van der Waals surface area contributed by atoms with Crippen molar-refractivity contribution in [1.82, 2.24) is 5.43 Å². The lowest BCUT2D eigenvalue weighted by Gasteiger charge is -2.03. The second kappa shape index (κ2) is 3.55. The Morgan fingerprint density at radius 3 is 2.67 bits per heavy atom. The zero-order chi connectivity index (χ0) is 9.14. The first-order valence-corrected chi connectivity index (χ1v) is 3.52. The van der Waals surface area contributed by atoms with E-state index in [1.807, 2.05) is 0 Å². The standard InChI is InChI=1S/C7H6F2N2S/c8-5-3-1-2-4(6(5)9)7(12)11-10/h1-3H,10H2,(H,11,12). The molecule has 0 aliphatic heterocycles. The van der Waals surface area contributed by atoms with Crippen molar-refractivity contribution in [2.24, 2.45) is 5.84 Å². The van der Waals surface area contributed by atoms with Crippen molar-refractivity contribution < 1.29 is 8.78 Å². The van der Waals surface area contributed by atoms with Crippen LogP contribution < -0.4 is 11.3 Å². The van der Waals surface area contributed by atoms with Crippen LogP contribution in [0.3, 0.4) is 0 Å². The lowest BCUT2D eigenvalue weighted by Crippen LogP contribution is -2.30. The van der Waals surface area contributed by atoms with Gasteiger partial charge in [0.1, 0.15) is 4.99 Å². The molecule has 1 rings (SSSR count). The first kappa shape index (κ1) is 9.02. The summed E-state index contributed by atoms with van der Waals surface area (Å²) in [5.41, 5.74) is 2.04. The van der Waals surface area contributed by atoms with E-state index in [1.165, 1.54) is 12.1 Å². The number of hydrogen-bond acceptors (Lipinski definition) is 2. The molecular weight excluding hydrogens is 182 g/mol. The summed E-state index contributed by atoms with van der Waals surface area (Å²) in [6, 6.07) is 3.72. The fourth-order valence-electron chi connectivity index (χ4n) is 0.757. The summed E-state index contributed by atoms with van der Waals surface area (Å²) in [5, 5.41) is 0. The Bertz CT molecular complexity index is 314. The zero-order valence-corrected chi connectivity index (χ0v) is 6.79. The largest absolute Gasteiger partial charge is 0.314 e. The molecule has 0 saturated heterocycles. The Morgan fingerprint density at radius 2 is 2.08 bits per heavy atom. The number of hydrazine groups is 1. The average molecular weight is 188 g/mol. The molecule has 0 fully saturated rings. The number of nitrogens with two attached hydrogens (primary N) is 1. The summed E-state index contributed by atoms with van der Waals surface area (Å²) < 4.78 is 25.5. The molecule has 0 saturated carbocycles. The van der Waals surface area contributed by atoms with Gasteiger partial charge in [0.2, 0.25) is 0 Å². The summed E-state index contributed by atoms with van der Waals surface area (Å²) in [4.78, 5) is -0.0213. The van der Waals surface area contributed by atoms with E-state index in [4.69, 9.17) is 5.84 Å². The molecule has 2 nitrogen and oxygen atoms in total. The summed E-state index contributed by atoms with van der Waals surface area (Å²) in [7, 11) is 0. The molecule has 0 aliphatic carbocycles. The number of hydrogen-bond donors (Lipinski definition) is 2. The van der Waals surface area contributed by atoms with Crippen LogP contribution in [-0.4, -0.2) is 4.99 Å². The lowest BCUT2D eigenvalue weighted by molar-refractivity contribution is 0.507. The Balaban J connectivity index is 3.16. The van der Waals surface area contributed by atoms with Crippen LogP contribution in [-0.2, 0) is 0 Å². The predicted octanol–water partition coefficient (Wildman–Crippen LogP) is 1.10. The van der Waals surface area contributed by atoms with Crippen molar-refractivity contribution in [2.75, 3.05) is 0 Å². The van der Waals surface area contributed by atoms with Crippen molar-refractivity contribution in [3.05, 3.63) is 35.4 Å². The van der Waals surface area contributed by atoms with Crippen LogP contribution in [0.25, 0.3) is 0 Å². The van der Waals surface area contributed by atoms with Crippen LogP contribution in [0.4, 0.5) is 8.78 Å². The van der Waals surface area contributed by atoms with Crippen molar-refractivity contribution in [3.63, 3.8) is 0 Å². The molecule has 1 aromatic carbocycles. The van der Waals surface area contributed by atoms with Gasteiger partial charge in [-0.1, -0.05) is 18.3 Å². The van der Waals surface area contributed by atoms with Crippen LogP contribution in [0.5, 0.6) is 0 Å². The smallest absolute Gasteiger partial charge is 0.169 e. The summed E-state index contributed by atoms with van der Waals surface area (Å²) in [6.07, 6.45) is 0. The Hall–Kier alpha value is -1.07. The maximum atomic E-state index is 12.9. The molecule has 12 heavy (non-hydrogen) atoms. The summed E-state index contributed by atoms with van der Waals surface area (Å²) in [6.45, 7) is 0. The highest BCUT2D eigenvalue weighted by Crippen LogP contribution is 2.10. The van der Waals surface area contributed by atoms with Crippen LogP contribution in [0.2, 0.25) is 0 Å². The molecule has 3 N–H and O–H groups in total. The highest BCUT2D eigenvalue weighted by molar-refractivity contribution is 7.80. The van der Waals surface area contributed by atoms with Crippen LogP contribution in [0.1, 0.15) is 5.56 Å². The summed E-state index contributed by atoms with van der Waals surface area (Å²) in [5.74, 6) is 3.02. The van der Waals surface area contributed by atoms with Gasteiger partial charge in [-0.2, -0.15) is 0 Å². The van der Waals surface area contributed by atoms with Gasteiger partial charge in [-0.05, 0) is 12.1 Å². The molecule has 5 heteroatoms. The fraction of sp³-hybridized carbons (Fsp3) is 0. The number of rotatable bonds is 1. The van der Waals surface area contributed by atoms with E-state index < -0.39 is 11.6 Å². The molecule has 0 aromatic heterocycles. The molecule has 0 spiro atoms. The Kier molecular flexibility index (Phi) is 2.67. The van der Waals surface area contributed by atoms with Crippen LogP contribution in [0.15, 0.2) is 18.2 Å². The molecule has 0 aliphatic rings. The minimum Gasteiger partial charge on any atom is -0.314 e. The predicted molar refractivity (Wildman–Crippen MR) is 45.4 cm³/mol. The van der Waals surface area contributed by atoms with Gasteiger partial charge in [-0.3, -0.25) is 0 Å². The Labute approximate surface area is 73.3 Å². The third-order valence-corrected chi connectivity index (χ3v) is 1.67. The fourth-order valence-corrected chi connectivity index (χ4v) is 0.915. The van der Waals surface area contributed by atoms with Crippen LogP contribution in [0, 0.1) is 11.6 Å². The minimum atomic E-state index is -0.986. The zero-order valence-electron chi connectivity index (χ0n) is 5.97. The minimum absolute atomic E-state index is 0.0213. The van der Waals surface area contributed by atoms with Crippen molar-refractivity contribution in [2.45, 2.75) is 0 Å². The molecule has 0 atom stereocenters. The van der Waals surface area contributed by atoms with Gasteiger partial charge in [0.25, 0.3) is 0 Å². The van der Waals surface area contributed by atoms with Gasteiger partial charge < -0.3 is 5.43 Å². The number of benzene rings is 1. The molecule has 1 aromatic rings. The normalized spacial score (nSPS) is 9.58. The van der Waals surface area contributed by atoms with E-state index in [1.54, 1.807) is 0 Å². The van der Waals surface area contributed by atoms with Gasteiger partial charge in [-0.25, -0.2) is 14.6 Å². The average Bonchev–Trinajstić information content (AvgIpc) is 2.08. The molecule has 64 valence electrons. The first-order chi connectivity index (χ1) is 5.66. The first-order valence-electron chi connectivity index (χ1n) is 3.11. The topological polar surface area (TPSA) is 38.0 Å². The van der Waals surface area contributed by atoms with Crippen molar-refractivity contribution >= 4 is 17.2 Å². The second-order valence-electron chi connectivity index (χ2n) is 2.07.